The fraction of sp³-hybridized carbons (Fsp3) is 0.0750. The van der Waals surface area contributed by atoms with E-state index >= 15 is 0 Å². The Hall–Kier alpha value is -7.21. The second kappa shape index (κ2) is 17.4. The van der Waals surface area contributed by atoms with Gasteiger partial charge in [0, 0.05) is 34.0 Å². The van der Waals surface area contributed by atoms with E-state index in [0.29, 0.717) is 39.6 Å². The van der Waals surface area contributed by atoms with Crippen molar-refractivity contribution in [2.75, 3.05) is 26.6 Å². The monoisotopic (exact) mass is 699 g/mol. The number of hydrogen-bond donors (Lipinski definition) is 2. The van der Waals surface area contributed by atoms with Gasteiger partial charge in [-0.05, 0) is 72.8 Å². The third-order valence-corrected chi connectivity index (χ3v) is 7.36. The fourth-order valence-electron chi connectivity index (χ4n) is 4.77. The maximum atomic E-state index is 12.9. The van der Waals surface area contributed by atoms with Gasteiger partial charge in [-0.1, -0.05) is 48.5 Å². The molecule has 0 saturated carbocycles. The second-order valence-electron chi connectivity index (χ2n) is 10.7. The van der Waals surface area contributed by atoms with Crippen LogP contribution in [0.15, 0.2) is 126 Å². The van der Waals surface area contributed by atoms with Crippen LogP contribution in [0, 0.1) is 0 Å². The highest BCUT2D eigenvalue weighted by Crippen LogP contribution is 2.38. The minimum absolute atomic E-state index is 0.200. The van der Waals surface area contributed by atoms with E-state index in [0.717, 1.165) is 0 Å². The van der Waals surface area contributed by atoms with Gasteiger partial charge in [0.25, 0.3) is 11.8 Å². The number of ether oxygens (including phenoxy) is 5. The molecule has 2 amide bonds. The van der Waals surface area contributed by atoms with E-state index in [9.17, 15) is 19.2 Å². The van der Waals surface area contributed by atoms with Crippen molar-refractivity contribution in [2.45, 2.75) is 0 Å². The van der Waals surface area contributed by atoms with Crippen molar-refractivity contribution in [3.8, 4) is 28.7 Å². The maximum Gasteiger partial charge on any atom is 0.343 e. The lowest BCUT2D eigenvalue weighted by Crippen LogP contribution is -2.18. The molecule has 0 aliphatic carbocycles. The van der Waals surface area contributed by atoms with E-state index in [1.165, 1.54) is 64.0 Å². The molecule has 12 heteroatoms. The molecule has 2 N–H and O–H groups in total. The first-order chi connectivity index (χ1) is 25.3. The smallest absolute Gasteiger partial charge is 0.343 e. The van der Waals surface area contributed by atoms with Gasteiger partial charge in [0.05, 0.1) is 33.1 Å². The zero-order valence-corrected chi connectivity index (χ0v) is 28.3. The highest BCUT2D eigenvalue weighted by Gasteiger charge is 2.18. The number of para-hydroxylation sites is 2. The number of benzene rings is 5. The van der Waals surface area contributed by atoms with Crippen molar-refractivity contribution in [3.05, 3.63) is 149 Å². The molecule has 0 atom stereocenters. The van der Waals surface area contributed by atoms with Crippen LogP contribution in [0.2, 0.25) is 0 Å². The molecule has 5 rings (SSSR count). The lowest BCUT2D eigenvalue weighted by Gasteiger charge is -2.14. The van der Waals surface area contributed by atoms with Crippen LogP contribution in [0.4, 0.5) is 5.69 Å². The van der Waals surface area contributed by atoms with Crippen molar-refractivity contribution in [1.29, 1.82) is 0 Å². The highest BCUT2D eigenvalue weighted by atomic mass is 16.5. The summed E-state index contributed by atoms with van der Waals surface area (Å²) in [5, 5.41) is 6.78. The lowest BCUT2D eigenvalue weighted by molar-refractivity contribution is -0.128. The molecule has 5 aromatic carbocycles. The molecular formula is C40H33N3O9. The van der Waals surface area contributed by atoms with Crippen molar-refractivity contribution in [2.24, 2.45) is 5.10 Å². The lowest BCUT2D eigenvalue weighted by atomic mass is 10.1. The highest BCUT2D eigenvalue weighted by molar-refractivity contribution is 6.05. The molecular weight excluding hydrogens is 666 g/mol. The number of methoxy groups -OCH3 is 3. The number of anilines is 1. The van der Waals surface area contributed by atoms with E-state index in [4.69, 9.17) is 23.7 Å². The summed E-state index contributed by atoms with van der Waals surface area (Å²) in [6.07, 6.45) is 4.03. The van der Waals surface area contributed by atoms with Crippen LogP contribution >= 0.6 is 0 Å². The zero-order valence-electron chi connectivity index (χ0n) is 28.3. The second-order valence-corrected chi connectivity index (χ2v) is 10.7. The van der Waals surface area contributed by atoms with Crippen LogP contribution in [0.5, 0.6) is 28.7 Å². The summed E-state index contributed by atoms with van der Waals surface area (Å²) in [6.45, 7) is 0. The topological polar surface area (TPSA) is 151 Å². The Morgan fingerprint density at radius 3 is 1.81 bits per heavy atom. The Kier molecular flexibility index (Phi) is 12.1. The SMILES string of the molecule is COc1cc(C(=O)Nc2ccc(C(=O)N/N=C/c3ccccc3OC(=O)/C=C/c3ccccc3OC(=O)c3ccccc3)cc2)cc(OC)c1OC. The predicted octanol–water partition coefficient (Wildman–Crippen LogP) is 6.57. The van der Waals surface area contributed by atoms with E-state index in [2.05, 4.69) is 15.8 Å². The number of nitrogens with zero attached hydrogens (tertiary/aromatic N) is 1. The molecule has 0 bridgehead atoms. The Morgan fingerprint density at radius 2 is 1.17 bits per heavy atom. The molecule has 262 valence electrons. The first kappa shape index (κ1) is 36.1. The normalized spacial score (nSPS) is 10.8. The third kappa shape index (κ3) is 9.27. The molecule has 0 aliphatic heterocycles. The van der Waals surface area contributed by atoms with Gasteiger partial charge in [-0.2, -0.15) is 5.10 Å². The Labute approximate surface area is 299 Å². The van der Waals surface area contributed by atoms with Gasteiger partial charge < -0.3 is 29.0 Å². The van der Waals surface area contributed by atoms with Crippen molar-refractivity contribution in [3.63, 3.8) is 0 Å². The molecule has 0 radical (unpaired) electrons. The van der Waals surface area contributed by atoms with E-state index in [1.807, 2.05) is 0 Å². The van der Waals surface area contributed by atoms with Gasteiger partial charge in [0.15, 0.2) is 11.5 Å². The molecule has 0 aromatic heterocycles. The van der Waals surface area contributed by atoms with Crippen molar-refractivity contribution < 1.29 is 42.9 Å². The van der Waals surface area contributed by atoms with Gasteiger partial charge in [-0.15, -0.1) is 0 Å². The zero-order chi connectivity index (χ0) is 36.9. The van der Waals surface area contributed by atoms with Crippen LogP contribution in [0.3, 0.4) is 0 Å². The molecule has 5 aromatic rings. The van der Waals surface area contributed by atoms with Gasteiger partial charge in [-0.25, -0.2) is 15.0 Å². The van der Waals surface area contributed by atoms with E-state index in [-0.39, 0.29) is 22.6 Å². The summed E-state index contributed by atoms with van der Waals surface area (Å²) in [7, 11) is 4.38. The summed E-state index contributed by atoms with van der Waals surface area (Å²) >= 11 is 0. The van der Waals surface area contributed by atoms with Crippen LogP contribution in [0.1, 0.15) is 42.2 Å². The average Bonchev–Trinajstić information content (AvgIpc) is 3.18. The van der Waals surface area contributed by atoms with Crippen LogP contribution in [-0.2, 0) is 4.79 Å². The number of nitrogens with one attached hydrogen (secondary N) is 2. The Morgan fingerprint density at radius 1 is 0.577 bits per heavy atom. The summed E-state index contributed by atoms with van der Waals surface area (Å²) in [4.78, 5) is 51.0. The van der Waals surface area contributed by atoms with Crippen molar-refractivity contribution in [1.82, 2.24) is 5.43 Å². The quantitative estimate of drug-likeness (QED) is 0.0458. The van der Waals surface area contributed by atoms with Crippen LogP contribution in [0.25, 0.3) is 6.08 Å². The summed E-state index contributed by atoms with van der Waals surface area (Å²) < 4.78 is 27.0. The van der Waals surface area contributed by atoms with Crippen LogP contribution < -0.4 is 34.4 Å². The largest absolute Gasteiger partial charge is 0.493 e. The maximum absolute atomic E-state index is 12.9. The van der Waals surface area contributed by atoms with E-state index in [1.54, 1.807) is 91.0 Å². The number of carbonyl (C=O) groups excluding carboxylic acids is 4. The number of carbonyl (C=O) groups is 4. The van der Waals surface area contributed by atoms with Gasteiger partial charge in [0.1, 0.15) is 11.5 Å². The number of amides is 2. The van der Waals surface area contributed by atoms with Gasteiger partial charge in [0.2, 0.25) is 5.75 Å². The minimum Gasteiger partial charge on any atom is -0.493 e. The molecule has 0 fully saturated rings. The van der Waals surface area contributed by atoms with Gasteiger partial charge in [-0.3, -0.25) is 9.59 Å². The van der Waals surface area contributed by atoms with Crippen molar-refractivity contribution >= 4 is 41.7 Å². The number of hydrogen-bond acceptors (Lipinski definition) is 10. The predicted molar refractivity (Wildman–Crippen MR) is 195 cm³/mol. The summed E-state index contributed by atoms with van der Waals surface area (Å²) in [6, 6.07) is 31.2. The van der Waals surface area contributed by atoms with E-state index < -0.39 is 23.8 Å². The Bertz CT molecular complexity index is 2100. The number of rotatable bonds is 13. The first-order valence-corrected chi connectivity index (χ1v) is 15.7. The first-order valence-electron chi connectivity index (χ1n) is 15.7. The molecule has 0 aliphatic rings. The van der Waals surface area contributed by atoms with Gasteiger partial charge >= 0.3 is 11.9 Å². The average molecular weight is 700 g/mol. The minimum atomic E-state index is -0.688. The third-order valence-electron chi connectivity index (χ3n) is 7.36. The molecule has 52 heavy (non-hydrogen) atoms. The standard InChI is InChI=1S/C40H33N3O9/c1-48-34-23-30(24-35(49-2)37(34)50-3)38(45)42-31-20-17-27(18-21-31)39(46)43-41-25-29-14-8-10-16-33(29)51-36(44)22-19-26-11-7-9-15-32(26)52-40(47)28-12-5-4-6-13-28/h4-25H,1-3H3,(H,42,45)(H,43,46)/b22-19+,41-25+. The molecule has 0 spiro atoms. The molecule has 12 nitrogen and oxygen atoms in total. The van der Waals surface area contributed by atoms with Crippen LogP contribution in [-0.4, -0.2) is 51.3 Å². The summed E-state index contributed by atoms with van der Waals surface area (Å²) in [5.74, 6) is -0.651. The summed E-state index contributed by atoms with van der Waals surface area (Å²) in [5.41, 5.74) is 4.75. The molecule has 0 unspecified atom stereocenters. The number of esters is 2. The molecule has 0 saturated heterocycles. The fourth-order valence-corrected chi connectivity index (χ4v) is 4.77. The molecule has 0 heterocycles. The Balaban J connectivity index is 1.17. The number of hydrazone groups is 1.